The van der Waals surface area contributed by atoms with Crippen molar-refractivity contribution in [2.24, 2.45) is 5.73 Å². The average molecular weight is 314 g/mol. The lowest BCUT2D eigenvalue weighted by atomic mass is 9.98. The zero-order valence-electron chi connectivity index (χ0n) is 12.2. The third kappa shape index (κ3) is 5.58. The Bertz CT molecular complexity index is 421. The first-order chi connectivity index (χ1) is 10.5. The van der Waals surface area contributed by atoms with Crippen LogP contribution < -0.4 is 11.1 Å². The highest BCUT2D eigenvalue weighted by Gasteiger charge is 2.43. The minimum absolute atomic E-state index is 0.497. The Balaban J connectivity index is 0.000000287. The first-order valence-corrected chi connectivity index (χ1v) is 6.77. The van der Waals surface area contributed by atoms with Gasteiger partial charge in [-0.3, -0.25) is 4.79 Å². The second-order valence-electron chi connectivity index (χ2n) is 4.66. The van der Waals surface area contributed by atoms with E-state index >= 15 is 0 Å². The summed E-state index contributed by atoms with van der Waals surface area (Å²) in [6.45, 7) is 0.671. The minimum Gasteiger partial charge on any atom is -0.434 e. The SMILES string of the molecule is C1=CC=CNC=C1.CC(=O)OC1O[C@H](CO)[C@@H](O)[C@H](O)[C@@H]1N. The van der Waals surface area contributed by atoms with E-state index in [9.17, 15) is 15.0 Å². The molecule has 0 aliphatic carbocycles. The number of hydrogen-bond donors (Lipinski definition) is 5. The van der Waals surface area contributed by atoms with Crippen LogP contribution in [-0.4, -0.2) is 58.5 Å². The summed E-state index contributed by atoms with van der Waals surface area (Å²) in [4.78, 5) is 10.7. The Labute approximate surface area is 128 Å². The standard InChI is InChI=1S/C8H15NO6.C6H7N/c1-3(11)14-8-5(9)7(13)6(12)4(2-10)15-8;1-2-4-6-7-5-3-1/h4-8,10,12-13H,2,9H2,1H3;1-7H/t4-,5+,6-,7-,8?;/m1./s1. The molecule has 6 N–H and O–H groups in total. The highest BCUT2D eigenvalue weighted by molar-refractivity contribution is 5.66. The number of aliphatic hydroxyl groups is 3. The molecule has 2 rings (SSSR count). The van der Waals surface area contributed by atoms with Crippen molar-refractivity contribution in [2.75, 3.05) is 6.61 Å². The van der Waals surface area contributed by atoms with Crippen molar-refractivity contribution in [1.82, 2.24) is 5.32 Å². The normalized spacial score (nSPS) is 33.2. The average Bonchev–Trinajstić information content (AvgIpc) is 2.80. The number of allylic oxidation sites excluding steroid dienone is 4. The van der Waals surface area contributed by atoms with Crippen LogP contribution in [0.1, 0.15) is 6.92 Å². The van der Waals surface area contributed by atoms with Crippen LogP contribution in [0.5, 0.6) is 0 Å². The predicted octanol–water partition coefficient (Wildman–Crippen LogP) is -1.51. The highest BCUT2D eigenvalue weighted by atomic mass is 16.7. The quantitative estimate of drug-likeness (QED) is 0.388. The topological polar surface area (TPSA) is 134 Å². The molecule has 0 saturated carbocycles. The van der Waals surface area contributed by atoms with Crippen molar-refractivity contribution >= 4 is 5.97 Å². The maximum Gasteiger partial charge on any atom is 0.304 e. The van der Waals surface area contributed by atoms with Crippen molar-refractivity contribution in [3.8, 4) is 0 Å². The number of nitrogens with two attached hydrogens (primary N) is 1. The molecule has 0 spiro atoms. The Morgan fingerprint density at radius 1 is 1.23 bits per heavy atom. The monoisotopic (exact) mass is 314 g/mol. The smallest absolute Gasteiger partial charge is 0.304 e. The largest absolute Gasteiger partial charge is 0.434 e. The Morgan fingerprint density at radius 3 is 2.32 bits per heavy atom. The summed E-state index contributed by atoms with van der Waals surface area (Å²) in [5, 5.41) is 30.6. The number of aliphatic hydroxyl groups excluding tert-OH is 3. The summed E-state index contributed by atoms with van der Waals surface area (Å²) in [6, 6.07) is -1.04. The molecule has 2 aliphatic rings. The maximum atomic E-state index is 10.7. The van der Waals surface area contributed by atoms with E-state index in [1.807, 2.05) is 36.7 Å². The molecule has 0 radical (unpaired) electrons. The van der Waals surface area contributed by atoms with Crippen LogP contribution in [0.3, 0.4) is 0 Å². The zero-order valence-corrected chi connectivity index (χ0v) is 12.2. The number of hydrogen-bond acceptors (Lipinski definition) is 8. The van der Waals surface area contributed by atoms with Crippen LogP contribution in [0.15, 0.2) is 36.7 Å². The molecule has 0 aromatic rings. The van der Waals surface area contributed by atoms with E-state index < -0.39 is 43.2 Å². The molecular formula is C14H22N2O6. The molecule has 0 aromatic carbocycles. The van der Waals surface area contributed by atoms with Crippen LogP contribution in [0.25, 0.3) is 0 Å². The first-order valence-electron chi connectivity index (χ1n) is 6.77. The van der Waals surface area contributed by atoms with Crippen molar-refractivity contribution in [3.05, 3.63) is 36.7 Å². The summed E-state index contributed by atoms with van der Waals surface area (Å²) < 4.78 is 9.70. The number of nitrogens with one attached hydrogen (secondary N) is 1. The minimum atomic E-state index is -1.31. The molecule has 22 heavy (non-hydrogen) atoms. The van der Waals surface area contributed by atoms with Gasteiger partial charge in [-0.2, -0.15) is 0 Å². The molecule has 0 bridgehead atoms. The van der Waals surface area contributed by atoms with Crippen LogP contribution in [0, 0.1) is 0 Å². The van der Waals surface area contributed by atoms with Gasteiger partial charge in [0, 0.05) is 19.3 Å². The molecular weight excluding hydrogens is 292 g/mol. The van der Waals surface area contributed by atoms with Gasteiger partial charge in [-0.05, 0) is 12.2 Å². The third-order valence-corrected chi connectivity index (χ3v) is 2.93. The van der Waals surface area contributed by atoms with E-state index in [1.165, 1.54) is 6.92 Å². The fraction of sp³-hybridized carbons (Fsp3) is 0.500. The van der Waals surface area contributed by atoms with Crippen molar-refractivity contribution in [2.45, 2.75) is 37.6 Å². The fourth-order valence-corrected chi connectivity index (χ4v) is 1.78. The van der Waals surface area contributed by atoms with Gasteiger partial charge >= 0.3 is 5.97 Å². The molecule has 0 amide bonds. The Hall–Kier alpha value is -1.71. The molecule has 1 saturated heterocycles. The lowest BCUT2D eigenvalue weighted by molar-refractivity contribution is -0.258. The third-order valence-electron chi connectivity index (χ3n) is 2.93. The van der Waals surface area contributed by atoms with Crippen LogP contribution in [-0.2, 0) is 14.3 Å². The summed E-state index contributed by atoms with van der Waals surface area (Å²) >= 11 is 0. The summed E-state index contributed by atoms with van der Waals surface area (Å²) in [7, 11) is 0. The number of rotatable bonds is 2. The Kier molecular flexibility index (Phi) is 7.78. The second-order valence-corrected chi connectivity index (χ2v) is 4.66. The van der Waals surface area contributed by atoms with Gasteiger partial charge in [-0.25, -0.2) is 0 Å². The Morgan fingerprint density at radius 2 is 1.82 bits per heavy atom. The predicted molar refractivity (Wildman–Crippen MR) is 78.1 cm³/mol. The van der Waals surface area contributed by atoms with Gasteiger partial charge in [-0.1, -0.05) is 12.2 Å². The van der Waals surface area contributed by atoms with Gasteiger partial charge in [0.1, 0.15) is 18.3 Å². The molecule has 1 unspecified atom stereocenters. The fourth-order valence-electron chi connectivity index (χ4n) is 1.78. The van der Waals surface area contributed by atoms with E-state index in [4.69, 9.17) is 15.6 Å². The second kappa shape index (κ2) is 9.34. The molecule has 1 fully saturated rings. The molecule has 8 heteroatoms. The zero-order chi connectivity index (χ0) is 16.5. The molecule has 5 atom stereocenters. The maximum absolute atomic E-state index is 10.7. The molecule has 2 aliphatic heterocycles. The van der Waals surface area contributed by atoms with Crippen LogP contribution in [0.4, 0.5) is 0 Å². The van der Waals surface area contributed by atoms with Crippen molar-refractivity contribution < 1.29 is 29.6 Å². The lowest BCUT2D eigenvalue weighted by Gasteiger charge is -2.39. The van der Waals surface area contributed by atoms with Crippen molar-refractivity contribution in [3.63, 3.8) is 0 Å². The number of ether oxygens (including phenoxy) is 2. The number of carbonyl (C=O) groups excluding carboxylic acids is 1. The lowest BCUT2D eigenvalue weighted by Crippen LogP contribution is -2.62. The molecule has 124 valence electrons. The van der Waals surface area contributed by atoms with Gasteiger partial charge in [0.15, 0.2) is 0 Å². The first kappa shape index (κ1) is 18.3. The highest BCUT2D eigenvalue weighted by Crippen LogP contribution is 2.20. The van der Waals surface area contributed by atoms with Gasteiger partial charge < -0.3 is 35.8 Å². The summed E-state index contributed by atoms with van der Waals surface area (Å²) in [6.07, 6.45) is 6.81. The molecule has 2 heterocycles. The number of carbonyl (C=O) groups is 1. The molecule has 8 nitrogen and oxygen atoms in total. The number of esters is 1. The van der Waals surface area contributed by atoms with E-state index in [0.717, 1.165) is 0 Å². The van der Waals surface area contributed by atoms with Crippen LogP contribution in [0.2, 0.25) is 0 Å². The van der Waals surface area contributed by atoms with Crippen molar-refractivity contribution in [1.29, 1.82) is 0 Å². The van der Waals surface area contributed by atoms with E-state index in [2.05, 4.69) is 10.1 Å². The summed E-state index contributed by atoms with van der Waals surface area (Å²) in [5.41, 5.74) is 5.48. The van der Waals surface area contributed by atoms with Gasteiger partial charge in [-0.15, -0.1) is 0 Å². The van der Waals surface area contributed by atoms with Gasteiger partial charge in [0.2, 0.25) is 6.29 Å². The van der Waals surface area contributed by atoms with E-state index in [-0.39, 0.29) is 0 Å². The van der Waals surface area contributed by atoms with E-state index in [1.54, 1.807) is 0 Å². The summed E-state index contributed by atoms with van der Waals surface area (Å²) in [5.74, 6) is -0.615. The van der Waals surface area contributed by atoms with E-state index in [0.29, 0.717) is 0 Å². The molecule has 0 aromatic heterocycles. The van der Waals surface area contributed by atoms with Gasteiger partial charge in [0.05, 0.1) is 12.6 Å². The van der Waals surface area contributed by atoms with Gasteiger partial charge in [0.25, 0.3) is 0 Å². The van der Waals surface area contributed by atoms with Crippen LogP contribution >= 0.6 is 0 Å².